The molecule has 0 bridgehead atoms. The van der Waals surface area contributed by atoms with Crippen LogP contribution in [0.3, 0.4) is 0 Å². The fraction of sp³-hybridized carbons (Fsp3) is 0.250. The molecule has 1 aromatic heterocycles. The molecular formula is C12H16ClN3. The molecule has 0 spiro atoms. The molecule has 0 atom stereocenters. The highest BCUT2D eigenvalue weighted by molar-refractivity contribution is 5.85. The van der Waals surface area contributed by atoms with E-state index < -0.39 is 0 Å². The van der Waals surface area contributed by atoms with Gasteiger partial charge in [0.05, 0.1) is 5.69 Å². The largest absolute Gasteiger partial charge is 0.326 e. The predicted octanol–water partition coefficient (Wildman–Crippen LogP) is 2.28. The second-order valence-electron chi connectivity index (χ2n) is 3.75. The van der Waals surface area contributed by atoms with Crippen molar-refractivity contribution in [3.05, 3.63) is 41.6 Å². The summed E-state index contributed by atoms with van der Waals surface area (Å²) in [5.74, 6) is 0. The Morgan fingerprint density at radius 3 is 2.62 bits per heavy atom. The molecule has 0 saturated heterocycles. The van der Waals surface area contributed by atoms with Gasteiger partial charge in [0.2, 0.25) is 0 Å². The van der Waals surface area contributed by atoms with E-state index in [0.29, 0.717) is 6.54 Å². The number of aryl methyl sites for hydroxylation is 2. The summed E-state index contributed by atoms with van der Waals surface area (Å²) < 4.78 is 1.87. The summed E-state index contributed by atoms with van der Waals surface area (Å²) in [6.07, 6.45) is 1.81. The number of hydrogen-bond acceptors (Lipinski definition) is 2. The number of aromatic nitrogens is 2. The van der Waals surface area contributed by atoms with Crippen LogP contribution in [0.5, 0.6) is 0 Å². The predicted molar refractivity (Wildman–Crippen MR) is 68.5 cm³/mol. The van der Waals surface area contributed by atoms with Gasteiger partial charge in [-0.25, -0.2) is 0 Å². The van der Waals surface area contributed by atoms with Crippen LogP contribution in [0.2, 0.25) is 0 Å². The second kappa shape index (κ2) is 5.14. The lowest BCUT2D eigenvalue weighted by atomic mass is 10.0. The molecule has 0 unspecified atom stereocenters. The normalized spacial score (nSPS) is 9.94. The van der Waals surface area contributed by atoms with Gasteiger partial charge < -0.3 is 5.73 Å². The highest BCUT2D eigenvalue weighted by atomic mass is 35.5. The van der Waals surface area contributed by atoms with Gasteiger partial charge in [0.25, 0.3) is 0 Å². The Labute approximate surface area is 102 Å². The van der Waals surface area contributed by atoms with Gasteiger partial charge in [0.1, 0.15) is 0 Å². The summed E-state index contributed by atoms with van der Waals surface area (Å²) >= 11 is 0. The molecule has 2 aromatic rings. The first-order valence-electron chi connectivity index (χ1n) is 4.99. The van der Waals surface area contributed by atoms with Crippen molar-refractivity contribution in [3.8, 4) is 11.3 Å². The zero-order valence-corrected chi connectivity index (χ0v) is 10.3. The van der Waals surface area contributed by atoms with Crippen LogP contribution in [0, 0.1) is 6.92 Å². The average Bonchev–Trinajstić information content (AvgIpc) is 2.63. The third-order valence-corrected chi connectivity index (χ3v) is 2.49. The zero-order chi connectivity index (χ0) is 10.8. The maximum atomic E-state index is 5.66. The third-order valence-electron chi connectivity index (χ3n) is 2.49. The number of rotatable bonds is 2. The SMILES string of the molecule is Cc1cc(CN)cc(-c2ccnn2C)c1.Cl. The Morgan fingerprint density at radius 1 is 1.31 bits per heavy atom. The van der Waals surface area contributed by atoms with Crippen LogP contribution in [0.4, 0.5) is 0 Å². The van der Waals surface area contributed by atoms with Crippen LogP contribution in [0.1, 0.15) is 11.1 Å². The number of halogens is 1. The summed E-state index contributed by atoms with van der Waals surface area (Å²) in [7, 11) is 1.94. The molecule has 0 aliphatic rings. The molecule has 86 valence electrons. The van der Waals surface area contributed by atoms with Gasteiger partial charge in [-0.1, -0.05) is 11.6 Å². The van der Waals surface area contributed by atoms with Crippen molar-refractivity contribution in [1.82, 2.24) is 9.78 Å². The molecule has 1 heterocycles. The van der Waals surface area contributed by atoms with Gasteiger partial charge in [-0.15, -0.1) is 12.4 Å². The monoisotopic (exact) mass is 237 g/mol. The lowest BCUT2D eigenvalue weighted by Crippen LogP contribution is -1.99. The van der Waals surface area contributed by atoms with Gasteiger partial charge in [0.15, 0.2) is 0 Å². The van der Waals surface area contributed by atoms with E-state index >= 15 is 0 Å². The molecule has 4 heteroatoms. The summed E-state index contributed by atoms with van der Waals surface area (Å²) in [5, 5.41) is 4.16. The molecule has 3 nitrogen and oxygen atoms in total. The summed E-state index contributed by atoms with van der Waals surface area (Å²) in [6.45, 7) is 2.66. The first kappa shape index (κ1) is 12.7. The van der Waals surface area contributed by atoms with Crippen LogP contribution < -0.4 is 5.73 Å². The summed E-state index contributed by atoms with van der Waals surface area (Å²) in [5.41, 5.74) is 10.3. The quantitative estimate of drug-likeness (QED) is 0.871. The fourth-order valence-electron chi connectivity index (χ4n) is 1.79. The zero-order valence-electron chi connectivity index (χ0n) is 9.47. The van der Waals surface area contributed by atoms with E-state index in [1.807, 2.05) is 17.8 Å². The standard InChI is InChI=1S/C12H15N3.ClH/c1-9-5-10(8-13)7-11(6-9)12-3-4-14-15(12)2;/h3-7H,8,13H2,1-2H3;1H. The lowest BCUT2D eigenvalue weighted by Gasteiger charge is -2.06. The van der Waals surface area contributed by atoms with Crippen molar-refractivity contribution in [2.45, 2.75) is 13.5 Å². The first-order valence-corrected chi connectivity index (χ1v) is 4.99. The minimum atomic E-state index is 0. The van der Waals surface area contributed by atoms with E-state index in [2.05, 4.69) is 30.2 Å². The van der Waals surface area contributed by atoms with E-state index in [-0.39, 0.29) is 12.4 Å². The molecule has 0 amide bonds. The molecule has 2 rings (SSSR count). The van der Waals surface area contributed by atoms with E-state index in [1.54, 1.807) is 6.20 Å². The van der Waals surface area contributed by atoms with E-state index in [0.717, 1.165) is 11.3 Å². The van der Waals surface area contributed by atoms with Crippen molar-refractivity contribution in [2.75, 3.05) is 0 Å². The molecule has 0 aliphatic heterocycles. The molecule has 2 N–H and O–H groups in total. The van der Waals surface area contributed by atoms with Crippen molar-refractivity contribution >= 4 is 12.4 Å². The van der Waals surface area contributed by atoms with Crippen molar-refractivity contribution in [2.24, 2.45) is 12.8 Å². The Balaban J connectivity index is 0.00000128. The smallest absolute Gasteiger partial charge is 0.0679 e. The molecular weight excluding hydrogens is 222 g/mol. The third kappa shape index (κ3) is 2.43. The van der Waals surface area contributed by atoms with Crippen LogP contribution in [-0.4, -0.2) is 9.78 Å². The topological polar surface area (TPSA) is 43.8 Å². The van der Waals surface area contributed by atoms with Crippen molar-refractivity contribution in [3.63, 3.8) is 0 Å². The van der Waals surface area contributed by atoms with Gasteiger partial charge in [-0.2, -0.15) is 5.10 Å². The summed E-state index contributed by atoms with van der Waals surface area (Å²) in [4.78, 5) is 0. The minimum absolute atomic E-state index is 0. The Morgan fingerprint density at radius 2 is 2.06 bits per heavy atom. The summed E-state index contributed by atoms with van der Waals surface area (Å²) in [6, 6.07) is 8.38. The molecule has 16 heavy (non-hydrogen) atoms. The Bertz CT molecular complexity index is 477. The van der Waals surface area contributed by atoms with Gasteiger partial charge in [0, 0.05) is 25.4 Å². The lowest BCUT2D eigenvalue weighted by molar-refractivity contribution is 0.775. The van der Waals surface area contributed by atoms with Gasteiger partial charge >= 0.3 is 0 Å². The highest BCUT2D eigenvalue weighted by Gasteiger charge is 2.04. The van der Waals surface area contributed by atoms with Gasteiger partial charge in [-0.3, -0.25) is 4.68 Å². The molecule has 0 fully saturated rings. The van der Waals surface area contributed by atoms with E-state index in [1.165, 1.54) is 11.1 Å². The van der Waals surface area contributed by atoms with Crippen LogP contribution in [0.15, 0.2) is 30.5 Å². The van der Waals surface area contributed by atoms with Crippen LogP contribution in [-0.2, 0) is 13.6 Å². The van der Waals surface area contributed by atoms with Crippen LogP contribution in [0.25, 0.3) is 11.3 Å². The highest BCUT2D eigenvalue weighted by Crippen LogP contribution is 2.21. The molecule has 0 radical (unpaired) electrons. The number of hydrogen-bond donors (Lipinski definition) is 1. The molecule has 0 saturated carbocycles. The van der Waals surface area contributed by atoms with Gasteiger partial charge in [-0.05, 0) is 30.7 Å². The number of benzene rings is 1. The van der Waals surface area contributed by atoms with Crippen molar-refractivity contribution < 1.29 is 0 Å². The van der Waals surface area contributed by atoms with E-state index in [4.69, 9.17) is 5.73 Å². The average molecular weight is 238 g/mol. The number of nitrogens with two attached hydrogens (primary N) is 1. The Kier molecular flexibility index (Phi) is 4.10. The second-order valence-corrected chi connectivity index (χ2v) is 3.75. The fourth-order valence-corrected chi connectivity index (χ4v) is 1.79. The first-order chi connectivity index (χ1) is 7.20. The van der Waals surface area contributed by atoms with E-state index in [9.17, 15) is 0 Å². The Hall–Kier alpha value is -1.32. The maximum Gasteiger partial charge on any atom is 0.0679 e. The minimum Gasteiger partial charge on any atom is -0.326 e. The maximum absolute atomic E-state index is 5.66. The molecule has 0 aliphatic carbocycles. The number of nitrogens with zero attached hydrogens (tertiary/aromatic N) is 2. The van der Waals surface area contributed by atoms with Crippen molar-refractivity contribution in [1.29, 1.82) is 0 Å². The molecule has 1 aromatic carbocycles. The van der Waals surface area contributed by atoms with Crippen LogP contribution >= 0.6 is 12.4 Å².